The molecule has 0 bridgehead atoms. The predicted octanol–water partition coefficient (Wildman–Crippen LogP) is -1.46. The summed E-state index contributed by atoms with van der Waals surface area (Å²) in [4.78, 5) is 23.3. The molecule has 4 atom stereocenters. The van der Waals surface area contributed by atoms with E-state index in [-0.39, 0.29) is 23.6 Å². The molecular formula is C12H15BrN6O4. The second-order valence-electron chi connectivity index (χ2n) is 5.07. The maximum absolute atomic E-state index is 11.3. The lowest BCUT2D eigenvalue weighted by atomic mass is 10.1. The third-order valence-electron chi connectivity index (χ3n) is 3.62. The quantitative estimate of drug-likeness (QED) is 0.465. The van der Waals surface area contributed by atoms with Crippen molar-refractivity contribution in [3.05, 3.63) is 12.7 Å². The number of aliphatic hydroxyl groups is 2. The van der Waals surface area contributed by atoms with Crippen molar-refractivity contribution in [3.63, 3.8) is 0 Å². The molecule has 2 aromatic heterocycles. The molecule has 1 aliphatic heterocycles. The number of hydrogen-bond donors (Lipinski definition) is 4. The molecule has 1 saturated heterocycles. The van der Waals surface area contributed by atoms with Gasteiger partial charge in [0.1, 0.15) is 30.2 Å². The predicted molar refractivity (Wildman–Crippen MR) is 82.5 cm³/mol. The van der Waals surface area contributed by atoms with E-state index < -0.39 is 24.5 Å². The molecule has 1 aliphatic rings. The molecule has 5 N–H and O–H groups in total. The summed E-state index contributed by atoms with van der Waals surface area (Å²) in [5, 5.41) is 23.1. The molecule has 124 valence electrons. The molecular weight excluding hydrogens is 372 g/mol. The number of nitrogens with zero attached hydrogens (tertiary/aromatic N) is 4. The van der Waals surface area contributed by atoms with Gasteiger partial charge in [-0.25, -0.2) is 15.0 Å². The van der Waals surface area contributed by atoms with Crippen LogP contribution in [0.1, 0.15) is 6.23 Å². The lowest BCUT2D eigenvalue weighted by Crippen LogP contribution is -2.40. The van der Waals surface area contributed by atoms with Gasteiger partial charge in [-0.3, -0.25) is 9.36 Å². The van der Waals surface area contributed by atoms with Crippen LogP contribution < -0.4 is 11.1 Å². The highest BCUT2D eigenvalue weighted by Gasteiger charge is 2.44. The maximum Gasteiger partial charge on any atom is 0.230 e. The monoisotopic (exact) mass is 386 g/mol. The Balaban J connectivity index is 1.82. The molecule has 0 saturated carbocycles. The van der Waals surface area contributed by atoms with Crippen molar-refractivity contribution in [2.45, 2.75) is 24.5 Å². The van der Waals surface area contributed by atoms with Crippen LogP contribution in [0.5, 0.6) is 0 Å². The van der Waals surface area contributed by atoms with Crippen LogP contribution in [-0.4, -0.2) is 65.8 Å². The molecule has 23 heavy (non-hydrogen) atoms. The fourth-order valence-electron chi connectivity index (χ4n) is 2.45. The number of imidazole rings is 1. The number of halogens is 1. The third-order valence-corrected chi connectivity index (χ3v) is 4.13. The van der Waals surface area contributed by atoms with Gasteiger partial charge in [-0.1, -0.05) is 15.9 Å². The molecule has 0 aromatic carbocycles. The molecule has 3 rings (SSSR count). The summed E-state index contributed by atoms with van der Waals surface area (Å²) in [6, 6.07) is 0. The van der Waals surface area contributed by atoms with Gasteiger partial charge in [0.05, 0.1) is 11.7 Å². The van der Waals surface area contributed by atoms with E-state index in [1.54, 1.807) is 0 Å². The Morgan fingerprint density at radius 2 is 2.17 bits per heavy atom. The minimum absolute atomic E-state index is 0.0723. The lowest BCUT2D eigenvalue weighted by molar-refractivity contribution is -0.119. The number of fused-ring (bicyclic) bond motifs is 1. The van der Waals surface area contributed by atoms with E-state index in [1.807, 2.05) is 0 Å². The number of aromatic nitrogens is 4. The molecule has 0 aliphatic carbocycles. The number of rotatable bonds is 4. The largest absolute Gasteiger partial charge is 0.387 e. The molecule has 0 spiro atoms. The van der Waals surface area contributed by atoms with Crippen LogP contribution in [0.2, 0.25) is 0 Å². The van der Waals surface area contributed by atoms with E-state index in [9.17, 15) is 15.0 Å². The summed E-state index contributed by atoms with van der Waals surface area (Å²) in [5.41, 5.74) is 6.49. The van der Waals surface area contributed by atoms with Crippen molar-refractivity contribution < 1.29 is 19.7 Å². The van der Waals surface area contributed by atoms with Gasteiger partial charge in [0.2, 0.25) is 5.91 Å². The van der Waals surface area contributed by atoms with Gasteiger partial charge in [0, 0.05) is 6.54 Å². The van der Waals surface area contributed by atoms with E-state index in [0.717, 1.165) is 0 Å². The highest BCUT2D eigenvalue weighted by Crippen LogP contribution is 2.31. The standard InChI is InChI=1S/C12H15BrN6O4/c13-1-6(20)15-2-5-8(21)9(22)12(23-5)19-4-18-7-10(14)16-3-17-11(7)19/h3-5,8-9,12,21-22H,1-2H2,(H,15,20)(H2,14,16,17)/t5-,8-,9-,12-/m1/s1. The minimum atomic E-state index is -1.20. The van der Waals surface area contributed by atoms with E-state index in [4.69, 9.17) is 10.5 Å². The van der Waals surface area contributed by atoms with E-state index in [0.29, 0.717) is 11.2 Å². The summed E-state index contributed by atoms with van der Waals surface area (Å²) in [6.07, 6.45) is -1.32. The summed E-state index contributed by atoms with van der Waals surface area (Å²) >= 11 is 3.03. The van der Waals surface area contributed by atoms with Gasteiger partial charge in [0.25, 0.3) is 0 Å². The Morgan fingerprint density at radius 3 is 2.91 bits per heavy atom. The number of ether oxygens (including phenoxy) is 1. The normalized spacial score (nSPS) is 27.4. The van der Waals surface area contributed by atoms with Gasteiger partial charge >= 0.3 is 0 Å². The number of nitrogens with one attached hydrogen (secondary N) is 1. The van der Waals surface area contributed by atoms with Crippen molar-refractivity contribution in [1.82, 2.24) is 24.8 Å². The van der Waals surface area contributed by atoms with Crippen LogP contribution in [0.4, 0.5) is 5.82 Å². The van der Waals surface area contributed by atoms with Gasteiger partial charge < -0.3 is 26.0 Å². The fourth-order valence-corrected chi connectivity index (χ4v) is 2.64. The topological polar surface area (TPSA) is 148 Å². The first-order valence-corrected chi connectivity index (χ1v) is 7.92. The average molecular weight is 387 g/mol. The summed E-state index contributed by atoms with van der Waals surface area (Å²) < 4.78 is 7.14. The van der Waals surface area contributed by atoms with Crippen molar-refractivity contribution in [2.75, 3.05) is 17.6 Å². The van der Waals surface area contributed by atoms with Crippen molar-refractivity contribution in [1.29, 1.82) is 0 Å². The molecule has 0 radical (unpaired) electrons. The first-order valence-electron chi connectivity index (χ1n) is 6.80. The van der Waals surface area contributed by atoms with Crippen LogP contribution in [0.15, 0.2) is 12.7 Å². The zero-order valence-corrected chi connectivity index (χ0v) is 13.4. The second kappa shape index (κ2) is 6.35. The zero-order chi connectivity index (χ0) is 16.6. The van der Waals surface area contributed by atoms with E-state index in [2.05, 4.69) is 36.2 Å². The van der Waals surface area contributed by atoms with Gasteiger partial charge in [0.15, 0.2) is 17.7 Å². The number of nitrogens with two attached hydrogens (primary N) is 1. The van der Waals surface area contributed by atoms with Gasteiger partial charge in [-0.2, -0.15) is 0 Å². The Kier molecular flexibility index (Phi) is 4.43. The van der Waals surface area contributed by atoms with Crippen LogP contribution in [0.25, 0.3) is 11.2 Å². The van der Waals surface area contributed by atoms with Crippen LogP contribution in [0, 0.1) is 0 Å². The highest BCUT2D eigenvalue weighted by molar-refractivity contribution is 9.09. The number of aliphatic hydroxyl groups excluding tert-OH is 2. The Labute approximate surface area is 138 Å². The SMILES string of the molecule is Nc1ncnc2c1ncn2[C@@H]1O[C@H](CNC(=O)CBr)[C@@H](O)[C@H]1O. The Morgan fingerprint density at radius 1 is 1.39 bits per heavy atom. The number of hydrogen-bond acceptors (Lipinski definition) is 8. The number of carbonyl (C=O) groups excluding carboxylic acids is 1. The number of carbonyl (C=O) groups is 1. The van der Waals surface area contributed by atoms with E-state index >= 15 is 0 Å². The molecule has 3 heterocycles. The number of amides is 1. The summed E-state index contributed by atoms with van der Waals surface area (Å²) in [7, 11) is 0. The number of nitrogen functional groups attached to an aromatic ring is 1. The van der Waals surface area contributed by atoms with Crippen LogP contribution in [0.3, 0.4) is 0 Å². The molecule has 1 fully saturated rings. The summed E-state index contributed by atoms with van der Waals surface area (Å²) in [5.74, 6) is -0.0322. The van der Waals surface area contributed by atoms with Gasteiger partial charge in [-0.05, 0) is 0 Å². The first-order chi connectivity index (χ1) is 11.0. The molecule has 2 aromatic rings. The Hall–Kier alpha value is -1.82. The maximum atomic E-state index is 11.3. The average Bonchev–Trinajstić information content (AvgIpc) is 3.09. The summed E-state index contributed by atoms with van der Waals surface area (Å²) in [6.45, 7) is 0.0723. The minimum Gasteiger partial charge on any atom is -0.387 e. The molecule has 0 unspecified atom stereocenters. The van der Waals surface area contributed by atoms with E-state index in [1.165, 1.54) is 17.2 Å². The number of alkyl halides is 1. The number of anilines is 1. The zero-order valence-electron chi connectivity index (χ0n) is 11.8. The van der Waals surface area contributed by atoms with Gasteiger partial charge in [-0.15, -0.1) is 0 Å². The van der Waals surface area contributed by atoms with Crippen molar-refractivity contribution in [3.8, 4) is 0 Å². The second-order valence-corrected chi connectivity index (χ2v) is 5.63. The fraction of sp³-hybridized carbons (Fsp3) is 0.500. The smallest absolute Gasteiger partial charge is 0.230 e. The molecule has 10 nitrogen and oxygen atoms in total. The van der Waals surface area contributed by atoms with Crippen molar-refractivity contribution >= 4 is 38.8 Å². The third kappa shape index (κ3) is 2.87. The van der Waals surface area contributed by atoms with Crippen LogP contribution >= 0.6 is 15.9 Å². The Bertz CT molecular complexity index is 725. The highest BCUT2D eigenvalue weighted by atomic mass is 79.9. The van der Waals surface area contributed by atoms with Crippen LogP contribution in [-0.2, 0) is 9.53 Å². The van der Waals surface area contributed by atoms with Crippen molar-refractivity contribution in [2.24, 2.45) is 0 Å². The molecule has 1 amide bonds. The molecule has 11 heteroatoms. The first kappa shape index (κ1) is 16.1. The lowest BCUT2D eigenvalue weighted by Gasteiger charge is -2.16.